The van der Waals surface area contributed by atoms with Gasteiger partial charge in [0.05, 0.1) is 6.20 Å². The van der Waals surface area contributed by atoms with Gasteiger partial charge in [-0.3, -0.25) is 0 Å². The van der Waals surface area contributed by atoms with Crippen molar-refractivity contribution in [1.82, 2.24) is 10.3 Å². The highest BCUT2D eigenvalue weighted by atomic mass is 19.1. The van der Waals surface area contributed by atoms with E-state index in [9.17, 15) is 4.39 Å². The Morgan fingerprint density at radius 1 is 1.47 bits per heavy atom. The van der Waals surface area contributed by atoms with Crippen molar-refractivity contribution < 1.29 is 4.39 Å². The minimum Gasteiger partial charge on any atom is -0.356 e. The van der Waals surface area contributed by atoms with Crippen LogP contribution in [0.5, 0.6) is 0 Å². The first-order valence-corrected chi connectivity index (χ1v) is 5.35. The number of rotatable bonds is 3. The van der Waals surface area contributed by atoms with Crippen LogP contribution in [0.2, 0.25) is 0 Å². The fourth-order valence-electron chi connectivity index (χ4n) is 2.01. The van der Waals surface area contributed by atoms with E-state index < -0.39 is 0 Å². The zero-order valence-electron chi connectivity index (χ0n) is 8.96. The highest BCUT2D eigenvalue weighted by molar-refractivity contribution is 5.47. The van der Waals surface area contributed by atoms with Gasteiger partial charge in [-0.25, -0.2) is 9.37 Å². The summed E-state index contributed by atoms with van der Waals surface area (Å²) in [4.78, 5) is 6.42. The Bertz CT molecular complexity index is 335. The number of pyridine rings is 1. The molecule has 1 aromatic heterocycles. The van der Waals surface area contributed by atoms with Crippen molar-refractivity contribution in [2.24, 2.45) is 0 Å². The number of hydrogen-bond donors (Lipinski definition) is 1. The monoisotopic (exact) mass is 209 g/mol. The van der Waals surface area contributed by atoms with Crippen LogP contribution in [0, 0.1) is 5.82 Å². The molecule has 82 valence electrons. The van der Waals surface area contributed by atoms with Gasteiger partial charge in [0.1, 0.15) is 11.6 Å². The molecule has 1 aliphatic rings. The molecule has 3 nitrogen and oxygen atoms in total. The molecule has 1 fully saturated rings. The second kappa shape index (κ2) is 4.57. The summed E-state index contributed by atoms with van der Waals surface area (Å²) < 4.78 is 13.0. The molecule has 0 aliphatic carbocycles. The normalized spacial score (nSPS) is 16.0. The Hall–Kier alpha value is -1.16. The number of anilines is 1. The number of hydrogen-bond acceptors (Lipinski definition) is 3. The minimum absolute atomic E-state index is 0.261. The molecule has 1 saturated heterocycles. The van der Waals surface area contributed by atoms with E-state index in [1.807, 2.05) is 7.05 Å². The summed E-state index contributed by atoms with van der Waals surface area (Å²) in [6.07, 6.45) is 3.71. The molecule has 1 N–H and O–H groups in total. The van der Waals surface area contributed by atoms with Crippen LogP contribution in [-0.2, 0) is 6.54 Å². The number of halogens is 1. The van der Waals surface area contributed by atoms with Gasteiger partial charge in [-0.1, -0.05) is 0 Å². The Morgan fingerprint density at radius 3 is 2.87 bits per heavy atom. The average molecular weight is 209 g/mol. The van der Waals surface area contributed by atoms with Crippen LogP contribution in [0.15, 0.2) is 12.3 Å². The van der Waals surface area contributed by atoms with Crippen LogP contribution < -0.4 is 10.2 Å². The topological polar surface area (TPSA) is 28.2 Å². The van der Waals surface area contributed by atoms with Crippen LogP contribution in [0.3, 0.4) is 0 Å². The van der Waals surface area contributed by atoms with Crippen molar-refractivity contribution >= 4 is 5.82 Å². The lowest BCUT2D eigenvalue weighted by atomic mass is 10.2. The quantitative estimate of drug-likeness (QED) is 0.818. The van der Waals surface area contributed by atoms with Gasteiger partial charge in [0.25, 0.3) is 0 Å². The van der Waals surface area contributed by atoms with Gasteiger partial charge in [0.15, 0.2) is 0 Å². The molecule has 0 atom stereocenters. The third-order valence-corrected chi connectivity index (χ3v) is 2.68. The van der Waals surface area contributed by atoms with Crippen LogP contribution in [0.1, 0.15) is 18.4 Å². The summed E-state index contributed by atoms with van der Waals surface area (Å²) in [7, 11) is 1.86. The zero-order chi connectivity index (χ0) is 10.7. The lowest BCUT2D eigenvalue weighted by molar-refractivity contribution is 0.615. The second-order valence-electron chi connectivity index (χ2n) is 3.86. The lowest BCUT2D eigenvalue weighted by Crippen LogP contribution is -2.22. The Balaban J connectivity index is 2.27. The predicted molar refractivity (Wildman–Crippen MR) is 58.4 cm³/mol. The predicted octanol–water partition coefficient (Wildman–Crippen LogP) is 1.54. The Labute approximate surface area is 89.3 Å². The molecule has 15 heavy (non-hydrogen) atoms. The molecule has 0 radical (unpaired) electrons. The van der Waals surface area contributed by atoms with E-state index in [0.717, 1.165) is 24.5 Å². The molecular formula is C11H16FN3. The van der Waals surface area contributed by atoms with E-state index in [-0.39, 0.29) is 5.82 Å². The molecule has 0 unspecified atom stereocenters. The molecule has 0 bridgehead atoms. The first kappa shape index (κ1) is 10.4. The summed E-state index contributed by atoms with van der Waals surface area (Å²) in [6.45, 7) is 2.74. The van der Waals surface area contributed by atoms with Gasteiger partial charge in [-0.05, 0) is 26.0 Å². The number of nitrogens with zero attached hydrogens (tertiary/aromatic N) is 2. The molecule has 4 heteroatoms. The van der Waals surface area contributed by atoms with Gasteiger partial charge < -0.3 is 10.2 Å². The number of aromatic nitrogens is 1. The zero-order valence-corrected chi connectivity index (χ0v) is 8.96. The summed E-state index contributed by atoms with van der Waals surface area (Å²) in [6, 6.07) is 1.57. The number of nitrogens with one attached hydrogen (secondary N) is 1. The molecular weight excluding hydrogens is 193 g/mol. The van der Waals surface area contributed by atoms with Crippen molar-refractivity contribution in [2.75, 3.05) is 25.0 Å². The molecule has 0 aromatic carbocycles. The maximum atomic E-state index is 13.0. The molecule has 2 heterocycles. The second-order valence-corrected chi connectivity index (χ2v) is 3.86. The van der Waals surface area contributed by atoms with Crippen LogP contribution in [0.4, 0.5) is 10.2 Å². The van der Waals surface area contributed by atoms with Gasteiger partial charge in [0, 0.05) is 25.2 Å². The fraction of sp³-hybridized carbons (Fsp3) is 0.545. The van der Waals surface area contributed by atoms with E-state index >= 15 is 0 Å². The first-order valence-electron chi connectivity index (χ1n) is 5.35. The van der Waals surface area contributed by atoms with E-state index in [1.54, 1.807) is 6.07 Å². The standard InChI is InChI=1S/C11H16FN3/c1-13-7-9-6-10(12)8-14-11(9)15-4-2-3-5-15/h6,8,13H,2-5,7H2,1H3. The van der Waals surface area contributed by atoms with E-state index in [4.69, 9.17) is 0 Å². The fourth-order valence-corrected chi connectivity index (χ4v) is 2.01. The molecule has 2 rings (SSSR count). The van der Waals surface area contributed by atoms with Crippen LogP contribution in [0.25, 0.3) is 0 Å². The highest BCUT2D eigenvalue weighted by Crippen LogP contribution is 2.22. The van der Waals surface area contributed by atoms with Crippen LogP contribution in [-0.4, -0.2) is 25.1 Å². The molecule has 1 aliphatic heterocycles. The smallest absolute Gasteiger partial charge is 0.141 e. The average Bonchev–Trinajstić information content (AvgIpc) is 2.71. The third kappa shape index (κ3) is 2.26. The molecule has 0 saturated carbocycles. The maximum Gasteiger partial charge on any atom is 0.141 e. The Kier molecular flexibility index (Phi) is 3.16. The third-order valence-electron chi connectivity index (χ3n) is 2.68. The van der Waals surface area contributed by atoms with Crippen molar-refractivity contribution in [2.45, 2.75) is 19.4 Å². The van der Waals surface area contributed by atoms with Gasteiger partial charge in [-0.15, -0.1) is 0 Å². The molecule has 0 amide bonds. The van der Waals surface area contributed by atoms with Gasteiger partial charge >= 0.3 is 0 Å². The largest absolute Gasteiger partial charge is 0.356 e. The Morgan fingerprint density at radius 2 is 2.20 bits per heavy atom. The summed E-state index contributed by atoms with van der Waals surface area (Å²) in [5, 5.41) is 3.04. The molecule has 0 spiro atoms. The van der Waals surface area contributed by atoms with E-state index in [1.165, 1.54) is 19.0 Å². The summed E-state index contributed by atoms with van der Waals surface area (Å²) >= 11 is 0. The maximum absolute atomic E-state index is 13.0. The van der Waals surface area contributed by atoms with E-state index in [2.05, 4.69) is 15.2 Å². The van der Waals surface area contributed by atoms with Crippen LogP contribution >= 0.6 is 0 Å². The van der Waals surface area contributed by atoms with Crippen molar-refractivity contribution in [3.05, 3.63) is 23.6 Å². The van der Waals surface area contributed by atoms with Gasteiger partial charge in [-0.2, -0.15) is 0 Å². The highest BCUT2D eigenvalue weighted by Gasteiger charge is 2.17. The van der Waals surface area contributed by atoms with Crippen molar-refractivity contribution in [1.29, 1.82) is 0 Å². The van der Waals surface area contributed by atoms with Crippen molar-refractivity contribution in [3.8, 4) is 0 Å². The van der Waals surface area contributed by atoms with Gasteiger partial charge in [0.2, 0.25) is 0 Å². The SMILES string of the molecule is CNCc1cc(F)cnc1N1CCCC1. The minimum atomic E-state index is -0.261. The summed E-state index contributed by atoms with van der Waals surface area (Å²) in [5.41, 5.74) is 0.944. The first-order chi connectivity index (χ1) is 7.31. The van der Waals surface area contributed by atoms with Crippen molar-refractivity contribution in [3.63, 3.8) is 0 Å². The molecule has 1 aromatic rings. The lowest BCUT2D eigenvalue weighted by Gasteiger charge is -2.19. The summed E-state index contributed by atoms with van der Waals surface area (Å²) in [5.74, 6) is 0.673. The van der Waals surface area contributed by atoms with E-state index in [0.29, 0.717) is 6.54 Å².